The second kappa shape index (κ2) is 6.10. The van der Waals surface area contributed by atoms with Crippen molar-refractivity contribution in [3.8, 4) is 0 Å². The molecule has 2 aromatic rings. The van der Waals surface area contributed by atoms with E-state index < -0.39 is 0 Å². The summed E-state index contributed by atoms with van der Waals surface area (Å²) in [6, 6.07) is 10.1. The van der Waals surface area contributed by atoms with E-state index in [2.05, 4.69) is 41.9 Å². The lowest BCUT2D eigenvalue weighted by molar-refractivity contribution is 0.0744. The molecule has 0 saturated heterocycles. The number of hydrogen-bond acceptors (Lipinski definition) is 2. The van der Waals surface area contributed by atoms with Crippen LogP contribution in [0.5, 0.6) is 0 Å². The van der Waals surface area contributed by atoms with Crippen LogP contribution in [0, 0.1) is 13.8 Å². The van der Waals surface area contributed by atoms with Gasteiger partial charge in [0.1, 0.15) is 0 Å². The third kappa shape index (κ3) is 3.13. The zero-order valence-electron chi connectivity index (χ0n) is 12.1. The quantitative estimate of drug-likeness (QED) is 0.765. The third-order valence-corrected chi connectivity index (χ3v) is 5.26. The molecule has 0 aliphatic rings. The van der Waals surface area contributed by atoms with Crippen molar-refractivity contribution in [2.24, 2.45) is 0 Å². The van der Waals surface area contributed by atoms with E-state index in [1.165, 1.54) is 9.75 Å². The minimum Gasteiger partial charge on any atom is -0.334 e. The molecule has 1 unspecified atom stereocenters. The molecule has 2 nitrogen and oxygen atoms in total. The smallest absolute Gasteiger partial charge is 0.255 e. The summed E-state index contributed by atoms with van der Waals surface area (Å²) in [4.78, 5) is 16.9. The van der Waals surface area contributed by atoms with Crippen LogP contribution in [0.3, 0.4) is 0 Å². The summed E-state index contributed by atoms with van der Waals surface area (Å²) in [6.07, 6.45) is 0. The summed E-state index contributed by atoms with van der Waals surface area (Å²) in [5, 5.41) is 0. The number of halogens is 1. The molecule has 0 spiro atoms. The Morgan fingerprint density at radius 1 is 1.25 bits per heavy atom. The van der Waals surface area contributed by atoms with E-state index in [1.807, 2.05) is 32.2 Å². The monoisotopic (exact) mass is 351 g/mol. The summed E-state index contributed by atoms with van der Waals surface area (Å²) in [7, 11) is 1.86. The Kier molecular flexibility index (Phi) is 4.66. The molecule has 2 rings (SSSR count). The number of thiophene rings is 1. The molecule has 1 aromatic carbocycles. The van der Waals surface area contributed by atoms with E-state index in [0.717, 1.165) is 10.0 Å². The molecule has 0 N–H and O–H groups in total. The Bertz CT molecular complexity index is 635. The molecular formula is C16H18BrNOS. The molecular weight excluding hydrogens is 334 g/mol. The lowest BCUT2D eigenvalue weighted by atomic mass is 10.1. The predicted octanol–water partition coefficient (Wildman–Crippen LogP) is 4.96. The highest BCUT2D eigenvalue weighted by molar-refractivity contribution is 9.10. The van der Waals surface area contributed by atoms with Crippen LogP contribution >= 0.6 is 27.3 Å². The van der Waals surface area contributed by atoms with Crippen LogP contribution in [0.2, 0.25) is 0 Å². The third-order valence-electron chi connectivity index (χ3n) is 3.43. The second-order valence-electron chi connectivity index (χ2n) is 5.02. The van der Waals surface area contributed by atoms with Crippen LogP contribution in [0.15, 0.2) is 34.8 Å². The summed E-state index contributed by atoms with van der Waals surface area (Å²) in [5.41, 5.74) is 1.84. The normalized spacial score (nSPS) is 12.2. The molecule has 1 aromatic heterocycles. The predicted molar refractivity (Wildman–Crippen MR) is 88.4 cm³/mol. The minimum absolute atomic E-state index is 0.0374. The number of aryl methyl sites for hydroxylation is 2. The van der Waals surface area contributed by atoms with Gasteiger partial charge in [-0.15, -0.1) is 11.3 Å². The highest BCUT2D eigenvalue weighted by Gasteiger charge is 2.21. The molecule has 0 saturated carbocycles. The molecule has 106 valence electrons. The first-order valence-corrected chi connectivity index (χ1v) is 8.10. The number of carbonyl (C=O) groups is 1. The van der Waals surface area contributed by atoms with Gasteiger partial charge < -0.3 is 4.90 Å². The first-order chi connectivity index (χ1) is 9.40. The number of carbonyl (C=O) groups excluding carboxylic acids is 1. The Morgan fingerprint density at radius 2 is 1.95 bits per heavy atom. The summed E-state index contributed by atoms with van der Waals surface area (Å²) in [6.45, 7) is 6.16. The van der Waals surface area contributed by atoms with Gasteiger partial charge in [0.05, 0.1) is 11.6 Å². The number of rotatable bonds is 3. The lowest BCUT2D eigenvalue weighted by Crippen LogP contribution is -2.29. The Balaban J connectivity index is 2.24. The fourth-order valence-electron chi connectivity index (χ4n) is 2.03. The second-order valence-corrected chi connectivity index (χ2v) is 7.20. The van der Waals surface area contributed by atoms with Crippen LogP contribution in [0.25, 0.3) is 0 Å². The number of nitrogens with zero attached hydrogens (tertiary/aromatic N) is 1. The van der Waals surface area contributed by atoms with Crippen molar-refractivity contribution < 1.29 is 4.79 Å². The first-order valence-electron chi connectivity index (χ1n) is 6.50. The first kappa shape index (κ1) is 15.3. The largest absolute Gasteiger partial charge is 0.334 e. The minimum atomic E-state index is 0.0374. The number of hydrogen-bond donors (Lipinski definition) is 0. The van der Waals surface area contributed by atoms with Crippen molar-refractivity contribution in [1.82, 2.24) is 4.90 Å². The van der Waals surface area contributed by atoms with Crippen molar-refractivity contribution in [3.63, 3.8) is 0 Å². The average Bonchev–Trinajstić information content (AvgIpc) is 2.83. The fourth-order valence-corrected chi connectivity index (χ4v) is 3.66. The molecule has 20 heavy (non-hydrogen) atoms. The Labute approximate surface area is 132 Å². The molecule has 0 aliphatic carbocycles. The van der Waals surface area contributed by atoms with E-state index in [9.17, 15) is 4.79 Å². The van der Waals surface area contributed by atoms with E-state index in [-0.39, 0.29) is 11.9 Å². The molecule has 0 radical (unpaired) electrons. The zero-order chi connectivity index (χ0) is 14.9. The molecule has 1 atom stereocenters. The van der Waals surface area contributed by atoms with Crippen LogP contribution in [-0.4, -0.2) is 17.9 Å². The van der Waals surface area contributed by atoms with Gasteiger partial charge in [-0.2, -0.15) is 0 Å². The SMILES string of the molecule is Cc1ccc(C(=O)N(C)C(C)c2ccc(C)s2)c(Br)c1. The molecule has 0 fully saturated rings. The van der Waals surface area contributed by atoms with Crippen molar-refractivity contribution in [3.05, 3.63) is 55.7 Å². The average molecular weight is 352 g/mol. The van der Waals surface area contributed by atoms with Gasteiger partial charge in [0.15, 0.2) is 0 Å². The number of benzene rings is 1. The maximum absolute atomic E-state index is 12.6. The maximum atomic E-state index is 12.6. The lowest BCUT2D eigenvalue weighted by Gasteiger charge is -2.24. The van der Waals surface area contributed by atoms with Gasteiger partial charge in [-0.3, -0.25) is 4.79 Å². The fraction of sp³-hybridized carbons (Fsp3) is 0.312. The topological polar surface area (TPSA) is 20.3 Å². The molecule has 0 bridgehead atoms. The Morgan fingerprint density at radius 3 is 2.50 bits per heavy atom. The van der Waals surface area contributed by atoms with Crippen molar-refractivity contribution in [2.75, 3.05) is 7.05 Å². The zero-order valence-corrected chi connectivity index (χ0v) is 14.5. The van der Waals surface area contributed by atoms with Crippen molar-refractivity contribution in [1.29, 1.82) is 0 Å². The van der Waals surface area contributed by atoms with Gasteiger partial charge in [-0.05, 0) is 66.5 Å². The van der Waals surface area contributed by atoms with Gasteiger partial charge in [0.2, 0.25) is 0 Å². The molecule has 1 amide bonds. The van der Waals surface area contributed by atoms with Crippen LogP contribution in [-0.2, 0) is 0 Å². The van der Waals surface area contributed by atoms with Gasteiger partial charge >= 0.3 is 0 Å². The van der Waals surface area contributed by atoms with Crippen molar-refractivity contribution in [2.45, 2.75) is 26.8 Å². The van der Waals surface area contributed by atoms with Gasteiger partial charge in [-0.25, -0.2) is 0 Å². The van der Waals surface area contributed by atoms with E-state index >= 15 is 0 Å². The summed E-state index contributed by atoms with van der Waals surface area (Å²) in [5.74, 6) is 0.0374. The van der Waals surface area contributed by atoms with Crippen LogP contribution in [0.4, 0.5) is 0 Å². The Hall–Kier alpha value is -1.13. The highest BCUT2D eigenvalue weighted by Crippen LogP contribution is 2.28. The van der Waals surface area contributed by atoms with Crippen LogP contribution in [0.1, 0.15) is 38.6 Å². The van der Waals surface area contributed by atoms with Crippen molar-refractivity contribution >= 4 is 33.2 Å². The van der Waals surface area contributed by atoms with E-state index in [4.69, 9.17) is 0 Å². The van der Waals surface area contributed by atoms with Gasteiger partial charge in [-0.1, -0.05) is 6.07 Å². The summed E-state index contributed by atoms with van der Waals surface area (Å²) >= 11 is 5.22. The standard InChI is InChI=1S/C16H18BrNOS/c1-10-5-7-13(14(17)9-10)16(19)18(4)12(3)15-8-6-11(2)20-15/h5-9,12H,1-4H3. The molecule has 4 heteroatoms. The van der Waals surface area contributed by atoms with Crippen LogP contribution < -0.4 is 0 Å². The van der Waals surface area contributed by atoms with Gasteiger partial charge in [0, 0.05) is 21.3 Å². The number of amides is 1. The maximum Gasteiger partial charge on any atom is 0.255 e. The molecule has 1 heterocycles. The molecule has 0 aliphatic heterocycles. The van der Waals surface area contributed by atoms with E-state index in [1.54, 1.807) is 16.2 Å². The van der Waals surface area contributed by atoms with Gasteiger partial charge in [0.25, 0.3) is 5.91 Å². The summed E-state index contributed by atoms with van der Waals surface area (Å²) < 4.78 is 0.851. The highest BCUT2D eigenvalue weighted by atomic mass is 79.9. The van der Waals surface area contributed by atoms with E-state index in [0.29, 0.717) is 5.56 Å².